The summed E-state index contributed by atoms with van der Waals surface area (Å²) in [5.74, 6) is -5.96. The normalized spacial score (nSPS) is 16.1. The molecule has 2 aromatic carbocycles. The molecular formula is C48H71NO11. The standard InChI is InChI=1S/C48H71NO11/c1-9-10-11-15-18-28-47(57-30-31-58-47)29-19-16-13-12-14-17-23-39(48(55,34-41(50)51)44(54)60-46(5,6)7)42(52)49-40(43(53)59-45(2,3)4)32-35-24-26-36(27-25-35)37-21-20-22-38(33-37)56-8/h17,20-27,33,39-40,55H,9-16,18-19,28-32,34H2,1-8H3,(H,49,52)(H,50,51)/b23-17+/t39-,40+,48+/m1/s1. The van der Waals surface area contributed by atoms with Gasteiger partial charge >= 0.3 is 17.9 Å². The molecule has 12 nitrogen and oxygen atoms in total. The van der Waals surface area contributed by atoms with Crippen molar-refractivity contribution in [1.29, 1.82) is 0 Å². The number of allylic oxidation sites excluding steroid dienone is 1. The fraction of sp³-hybridized carbons (Fsp3) is 0.625. The van der Waals surface area contributed by atoms with Crippen molar-refractivity contribution in [3.05, 3.63) is 66.2 Å². The minimum absolute atomic E-state index is 0.00942. The van der Waals surface area contributed by atoms with Crippen molar-refractivity contribution in [2.24, 2.45) is 5.92 Å². The number of aliphatic hydroxyl groups is 1. The lowest BCUT2D eigenvalue weighted by molar-refractivity contribution is -0.187. The van der Waals surface area contributed by atoms with Gasteiger partial charge in [0, 0.05) is 19.3 Å². The predicted molar refractivity (Wildman–Crippen MR) is 231 cm³/mol. The molecule has 1 amide bonds. The van der Waals surface area contributed by atoms with Crippen molar-refractivity contribution in [3.8, 4) is 16.9 Å². The summed E-state index contributed by atoms with van der Waals surface area (Å²) in [6, 6.07) is 13.8. The first-order valence-corrected chi connectivity index (χ1v) is 21.7. The molecule has 0 radical (unpaired) electrons. The van der Waals surface area contributed by atoms with Gasteiger partial charge in [-0.1, -0.05) is 94.0 Å². The minimum Gasteiger partial charge on any atom is -0.497 e. The third-order valence-corrected chi connectivity index (χ3v) is 10.3. The molecule has 0 saturated carbocycles. The summed E-state index contributed by atoms with van der Waals surface area (Å²) in [6.07, 6.45) is 13.5. The zero-order valence-corrected chi connectivity index (χ0v) is 37.3. The Morgan fingerprint density at radius 2 is 1.42 bits per heavy atom. The second kappa shape index (κ2) is 23.7. The lowest BCUT2D eigenvalue weighted by atomic mass is 9.82. The number of carbonyl (C=O) groups excluding carboxylic acids is 3. The third-order valence-electron chi connectivity index (χ3n) is 10.3. The average Bonchev–Trinajstić information content (AvgIpc) is 3.64. The molecule has 1 fully saturated rings. The molecule has 1 aliphatic heterocycles. The molecule has 334 valence electrons. The molecule has 0 aliphatic carbocycles. The molecule has 1 heterocycles. The van der Waals surface area contributed by atoms with E-state index < -0.39 is 64.8 Å². The molecule has 0 spiro atoms. The minimum atomic E-state index is -2.80. The summed E-state index contributed by atoms with van der Waals surface area (Å²) in [5.41, 5.74) is -2.28. The van der Waals surface area contributed by atoms with Crippen LogP contribution in [0.5, 0.6) is 5.75 Å². The molecule has 3 N–H and O–H groups in total. The number of hydrogen-bond donors (Lipinski definition) is 3. The van der Waals surface area contributed by atoms with E-state index in [0.717, 1.165) is 56.1 Å². The number of esters is 2. The zero-order chi connectivity index (χ0) is 44.4. The summed E-state index contributed by atoms with van der Waals surface area (Å²) in [6.45, 7) is 13.3. The molecule has 3 atom stereocenters. The number of hydrogen-bond acceptors (Lipinski definition) is 10. The van der Waals surface area contributed by atoms with Crippen molar-refractivity contribution in [2.75, 3.05) is 20.3 Å². The van der Waals surface area contributed by atoms with Crippen LogP contribution < -0.4 is 10.1 Å². The van der Waals surface area contributed by atoms with Crippen LogP contribution >= 0.6 is 0 Å². The SMILES string of the molecule is CCCCCCCC1(CCCCCC/C=C/[C@H](C(=O)N[C@@H](Cc2ccc(-c3cccc(OC)c3)cc2)C(=O)OC(C)(C)C)[C@@](O)(CC(=O)O)C(=O)OC(C)(C)C)OCCO1. The zero-order valence-electron chi connectivity index (χ0n) is 37.3. The summed E-state index contributed by atoms with van der Waals surface area (Å²) in [4.78, 5) is 53.8. The van der Waals surface area contributed by atoms with Gasteiger partial charge in [0.15, 0.2) is 11.4 Å². The molecule has 1 saturated heterocycles. The Balaban J connectivity index is 1.80. The highest BCUT2D eigenvalue weighted by atomic mass is 16.7. The van der Waals surface area contributed by atoms with Crippen molar-refractivity contribution in [3.63, 3.8) is 0 Å². The van der Waals surface area contributed by atoms with E-state index in [-0.39, 0.29) is 6.42 Å². The van der Waals surface area contributed by atoms with Gasteiger partial charge in [0.25, 0.3) is 0 Å². The maximum Gasteiger partial charge on any atom is 0.340 e. The van der Waals surface area contributed by atoms with Crippen LogP contribution in [0.25, 0.3) is 11.1 Å². The summed E-state index contributed by atoms with van der Waals surface area (Å²) >= 11 is 0. The van der Waals surface area contributed by atoms with E-state index in [9.17, 15) is 29.4 Å². The van der Waals surface area contributed by atoms with E-state index in [1.165, 1.54) is 31.8 Å². The van der Waals surface area contributed by atoms with Crippen LogP contribution in [-0.4, -0.2) is 83.0 Å². The van der Waals surface area contributed by atoms with Crippen molar-refractivity contribution >= 4 is 23.8 Å². The van der Waals surface area contributed by atoms with Gasteiger partial charge in [-0.2, -0.15) is 0 Å². The number of rotatable bonds is 25. The molecule has 2 aromatic rings. The number of benzene rings is 2. The van der Waals surface area contributed by atoms with E-state index in [1.54, 1.807) is 54.7 Å². The molecule has 12 heteroatoms. The monoisotopic (exact) mass is 838 g/mol. The highest BCUT2D eigenvalue weighted by Gasteiger charge is 2.51. The van der Waals surface area contributed by atoms with Gasteiger partial charge in [0.1, 0.15) is 23.0 Å². The van der Waals surface area contributed by atoms with Crippen LogP contribution in [0.2, 0.25) is 0 Å². The first kappa shape index (κ1) is 50.1. The van der Waals surface area contributed by atoms with Gasteiger partial charge in [-0.3, -0.25) is 9.59 Å². The number of aliphatic carboxylic acids is 1. The fourth-order valence-corrected chi connectivity index (χ4v) is 7.22. The van der Waals surface area contributed by atoms with E-state index in [1.807, 2.05) is 48.5 Å². The average molecular weight is 838 g/mol. The summed E-state index contributed by atoms with van der Waals surface area (Å²) in [7, 11) is 1.60. The van der Waals surface area contributed by atoms with Crippen molar-refractivity contribution < 1.29 is 53.1 Å². The molecule has 60 heavy (non-hydrogen) atoms. The Morgan fingerprint density at radius 1 is 0.817 bits per heavy atom. The lowest BCUT2D eigenvalue weighted by Crippen LogP contribution is -2.57. The van der Waals surface area contributed by atoms with Gasteiger partial charge in [-0.15, -0.1) is 0 Å². The largest absolute Gasteiger partial charge is 0.497 e. The quantitative estimate of drug-likeness (QED) is 0.0497. The summed E-state index contributed by atoms with van der Waals surface area (Å²) < 4.78 is 28.7. The van der Waals surface area contributed by atoms with Crippen LogP contribution in [0.4, 0.5) is 0 Å². The smallest absolute Gasteiger partial charge is 0.340 e. The molecule has 1 aliphatic rings. The van der Waals surface area contributed by atoms with Crippen molar-refractivity contribution in [1.82, 2.24) is 5.32 Å². The highest BCUT2D eigenvalue weighted by Crippen LogP contribution is 2.33. The van der Waals surface area contributed by atoms with Crippen LogP contribution in [0, 0.1) is 5.92 Å². The third kappa shape index (κ3) is 17.0. The number of ether oxygens (including phenoxy) is 5. The lowest BCUT2D eigenvalue weighted by Gasteiger charge is -2.34. The topological polar surface area (TPSA) is 167 Å². The molecule has 3 rings (SSSR count). The Bertz CT molecular complexity index is 1680. The Hall–Kier alpha value is -4.26. The first-order valence-electron chi connectivity index (χ1n) is 21.7. The molecular weight excluding hydrogens is 767 g/mol. The van der Waals surface area contributed by atoms with Gasteiger partial charge in [0.2, 0.25) is 5.91 Å². The van der Waals surface area contributed by atoms with Gasteiger partial charge in [-0.25, -0.2) is 9.59 Å². The van der Waals surface area contributed by atoms with Gasteiger partial charge < -0.3 is 39.2 Å². The number of amides is 1. The van der Waals surface area contributed by atoms with E-state index in [4.69, 9.17) is 23.7 Å². The van der Waals surface area contributed by atoms with Crippen LogP contribution in [0.3, 0.4) is 0 Å². The maximum atomic E-state index is 14.3. The number of carboxylic acid groups (broad SMARTS) is 1. The second-order valence-electron chi connectivity index (χ2n) is 17.9. The van der Waals surface area contributed by atoms with Crippen molar-refractivity contribution in [2.45, 2.75) is 167 Å². The van der Waals surface area contributed by atoms with E-state index in [2.05, 4.69) is 12.2 Å². The predicted octanol–water partition coefficient (Wildman–Crippen LogP) is 8.90. The molecule has 0 unspecified atom stereocenters. The number of unbranched alkanes of at least 4 members (excludes halogenated alkanes) is 8. The first-order chi connectivity index (χ1) is 28.3. The number of nitrogens with one attached hydrogen (secondary N) is 1. The number of methoxy groups -OCH3 is 1. The Morgan fingerprint density at radius 3 is 1.98 bits per heavy atom. The Kier molecular flexibility index (Phi) is 19.8. The van der Waals surface area contributed by atoms with Crippen LogP contribution in [0.15, 0.2) is 60.7 Å². The molecule has 0 bridgehead atoms. The molecule has 0 aromatic heterocycles. The van der Waals surface area contributed by atoms with Gasteiger partial charge in [0.05, 0.1) is 32.7 Å². The number of carbonyl (C=O) groups is 4. The van der Waals surface area contributed by atoms with Crippen LogP contribution in [0.1, 0.15) is 138 Å². The summed E-state index contributed by atoms with van der Waals surface area (Å²) in [5, 5.41) is 24.5. The van der Waals surface area contributed by atoms with Gasteiger partial charge in [-0.05, 0) is 96.0 Å². The fourth-order valence-electron chi connectivity index (χ4n) is 7.22. The Labute approximate surface area is 357 Å². The van der Waals surface area contributed by atoms with E-state index >= 15 is 0 Å². The second-order valence-corrected chi connectivity index (χ2v) is 17.9. The van der Waals surface area contributed by atoms with E-state index in [0.29, 0.717) is 30.9 Å². The highest BCUT2D eigenvalue weighted by molar-refractivity contribution is 5.95. The van der Waals surface area contributed by atoms with Crippen LogP contribution in [-0.2, 0) is 44.5 Å². The maximum absolute atomic E-state index is 14.3. The number of carboxylic acids is 1.